The van der Waals surface area contributed by atoms with E-state index >= 15 is 0 Å². The lowest BCUT2D eigenvalue weighted by atomic mass is 9.73. The molecule has 3 unspecified atom stereocenters. The molecule has 3 rings (SSSR count). The van der Waals surface area contributed by atoms with Crippen LogP contribution in [0.15, 0.2) is 25.3 Å². The molecule has 0 amide bonds. The Bertz CT molecular complexity index is 622. The molecule has 4 nitrogen and oxygen atoms in total. The molecule has 0 N–H and O–H groups in total. The third-order valence-corrected chi connectivity index (χ3v) is 6.44. The second-order valence-electron chi connectivity index (χ2n) is 10.5. The molecule has 3 atom stereocenters. The lowest BCUT2D eigenvalue weighted by Gasteiger charge is -2.30. The van der Waals surface area contributed by atoms with E-state index in [2.05, 4.69) is 42.8 Å². The fourth-order valence-corrected chi connectivity index (χ4v) is 4.57. The summed E-state index contributed by atoms with van der Waals surface area (Å²) in [6, 6.07) is 4.14. The van der Waals surface area contributed by atoms with Crippen molar-refractivity contribution in [1.82, 2.24) is 0 Å². The van der Waals surface area contributed by atoms with E-state index < -0.39 is 0 Å². The Hall–Kier alpha value is -2.56. The average molecular weight is 553 g/mol. The maximum absolute atomic E-state index is 8.73. The number of hydrogen-bond donors (Lipinski definition) is 0. The summed E-state index contributed by atoms with van der Waals surface area (Å²) >= 11 is 0. The van der Waals surface area contributed by atoms with Gasteiger partial charge in [-0.1, -0.05) is 116 Å². The number of nitrogens with zero attached hydrogens (tertiary/aromatic N) is 4. The van der Waals surface area contributed by atoms with Gasteiger partial charge in [0.05, 0.1) is 12.1 Å². The highest BCUT2D eigenvalue weighted by Gasteiger charge is 2.33. The molecule has 228 valence electrons. The van der Waals surface area contributed by atoms with Crippen LogP contribution in [0, 0.1) is 53.6 Å². The van der Waals surface area contributed by atoms with Gasteiger partial charge in [0.2, 0.25) is 13.1 Å². The fraction of sp³-hybridized carbons (Fsp3) is 0.778. The molecule has 3 aliphatic rings. The molecule has 0 aromatic rings. The summed E-state index contributed by atoms with van der Waals surface area (Å²) in [6.07, 6.45) is 27.0. The molecule has 0 heterocycles. The van der Waals surface area contributed by atoms with Gasteiger partial charge in [-0.15, -0.1) is 13.2 Å². The highest BCUT2D eigenvalue weighted by atomic mass is 14.7. The van der Waals surface area contributed by atoms with Gasteiger partial charge >= 0.3 is 0 Å². The molecule has 40 heavy (non-hydrogen) atoms. The molecular formula is C36H64N4. The molecule has 0 radical (unpaired) electrons. The second-order valence-corrected chi connectivity index (χ2v) is 10.5. The Kier molecular flexibility index (Phi) is 48.3. The zero-order valence-electron chi connectivity index (χ0n) is 27.2. The highest BCUT2D eigenvalue weighted by Crippen LogP contribution is 2.36. The maximum atomic E-state index is 8.73. The summed E-state index contributed by atoms with van der Waals surface area (Å²) in [4.78, 5) is 6.87. The summed E-state index contributed by atoms with van der Waals surface area (Å²) in [5, 5.41) is 16.4. The predicted octanol–water partition coefficient (Wildman–Crippen LogP) is 12.2. The molecule has 3 aliphatic carbocycles. The van der Waals surface area contributed by atoms with Gasteiger partial charge < -0.3 is 9.69 Å². The standard InChI is InChI=1S/C12H15N3.2C6H12.C3H5N.C3H8.2C3H6/c1-14-8-10-3-4-12(9-15-2)11(7-10)5-6-13;2*1-2-4-6-5-3-1;1-2-3-4;3*1-3-2/h10-12H,3-5,7-9H2;2*1-6H2;2H2,1H3;3H2,1-2H3;2*3H,1H2,2H3. The van der Waals surface area contributed by atoms with E-state index in [-0.39, 0.29) is 0 Å². The van der Waals surface area contributed by atoms with E-state index in [1.165, 1.54) is 83.5 Å². The SMILES string of the molecule is C1CCCCC1.C1CCCCC1.C=CC.C=CC.CCC.CCC#N.[C-]#[N+]CC1CCC(C[N+]#[C-])C(CC#N)C1. The average Bonchev–Trinajstić information content (AvgIpc) is 2.99. The first-order valence-electron chi connectivity index (χ1n) is 16.0. The molecular weight excluding hydrogens is 488 g/mol. The van der Waals surface area contributed by atoms with Gasteiger partial charge in [-0.3, -0.25) is 0 Å². The van der Waals surface area contributed by atoms with E-state index in [1.54, 1.807) is 12.2 Å². The Morgan fingerprint density at radius 2 is 1.00 bits per heavy atom. The van der Waals surface area contributed by atoms with Gasteiger partial charge in [-0.2, -0.15) is 10.5 Å². The quantitative estimate of drug-likeness (QED) is 0.258. The topological polar surface area (TPSA) is 56.3 Å². The van der Waals surface area contributed by atoms with Crippen molar-refractivity contribution in [2.75, 3.05) is 13.1 Å². The minimum atomic E-state index is 0.351. The van der Waals surface area contributed by atoms with E-state index in [9.17, 15) is 0 Å². The fourth-order valence-electron chi connectivity index (χ4n) is 4.57. The first-order chi connectivity index (χ1) is 19.5. The molecule has 0 spiro atoms. The van der Waals surface area contributed by atoms with Gasteiger partial charge in [-0.25, -0.2) is 13.1 Å². The van der Waals surface area contributed by atoms with Gasteiger partial charge in [0, 0.05) is 24.7 Å². The van der Waals surface area contributed by atoms with Crippen LogP contribution in [0.4, 0.5) is 0 Å². The van der Waals surface area contributed by atoms with E-state index in [4.69, 9.17) is 23.7 Å². The largest absolute Gasteiger partial charge is 0.317 e. The van der Waals surface area contributed by atoms with Crippen molar-refractivity contribution in [1.29, 1.82) is 10.5 Å². The van der Waals surface area contributed by atoms with Gasteiger partial charge in [0.15, 0.2) is 0 Å². The Morgan fingerprint density at radius 3 is 1.25 bits per heavy atom. The van der Waals surface area contributed by atoms with Crippen molar-refractivity contribution in [2.24, 2.45) is 17.8 Å². The van der Waals surface area contributed by atoms with Gasteiger partial charge in [-0.05, 0) is 39.0 Å². The summed E-state index contributed by atoms with van der Waals surface area (Å²) in [6.45, 7) is 31.4. The number of allylic oxidation sites excluding steroid dienone is 2. The number of nitriles is 2. The zero-order valence-corrected chi connectivity index (χ0v) is 27.2. The Morgan fingerprint density at radius 1 is 0.675 bits per heavy atom. The van der Waals surface area contributed by atoms with Crippen molar-refractivity contribution in [2.45, 2.75) is 150 Å². The van der Waals surface area contributed by atoms with E-state index in [1.807, 2.05) is 26.8 Å². The summed E-state index contributed by atoms with van der Waals surface area (Å²) in [5.41, 5.74) is 0. The molecule has 0 aromatic heterocycles. The van der Waals surface area contributed by atoms with Crippen LogP contribution in [0.25, 0.3) is 9.69 Å². The maximum Gasteiger partial charge on any atom is 0.217 e. The number of hydrogen-bond acceptors (Lipinski definition) is 2. The van der Waals surface area contributed by atoms with Crippen LogP contribution in [-0.2, 0) is 0 Å². The minimum Gasteiger partial charge on any atom is -0.317 e. The highest BCUT2D eigenvalue weighted by molar-refractivity contribution is 4.90. The molecule has 0 bridgehead atoms. The first kappa shape index (κ1) is 44.5. The molecule has 0 aromatic carbocycles. The van der Waals surface area contributed by atoms with Crippen LogP contribution in [0.1, 0.15) is 150 Å². The van der Waals surface area contributed by atoms with Gasteiger partial charge in [0.1, 0.15) is 0 Å². The molecule has 4 heteroatoms. The summed E-state index contributed by atoms with van der Waals surface area (Å²) < 4.78 is 0. The van der Waals surface area contributed by atoms with Crippen LogP contribution in [0.3, 0.4) is 0 Å². The number of rotatable bonds is 3. The summed E-state index contributed by atoms with van der Waals surface area (Å²) in [7, 11) is 0. The normalized spacial score (nSPS) is 20.0. The second kappa shape index (κ2) is 43.5. The molecule has 0 saturated heterocycles. The molecule has 3 fully saturated rings. The van der Waals surface area contributed by atoms with E-state index in [0.717, 1.165) is 19.3 Å². The van der Waals surface area contributed by atoms with Crippen molar-refractivity contribution in [3.63, 3.8) is 0 Å². The lowest BCUT2D eigenvalue weighted by molar-refractivity contribution is 0.202. The predicted molar refractivity (Wildman–Crippen MR) is 177 cm³/mol. The summed E-state index contributed by atoms with van der Waals surface area (Å²) in [5.74, 6) is 1.21. The minimum absolute atomic E-state index is 0.351. The van der Waals surface area contributed by atoms with Crippen molar-refractivity contribution in [3.8, 4) is 12.1 Å². The van der Waals surface area contributed by atoms with Crippen molar-refractivity contribution in [3.05, 3.63) is 48.1 Å². The molecule has 3 saturated carbocycles. The monoisotopic (exact) mass is 553 g/mol. The van der Waals surface area contributed by atoms with E-state index in [0.29, 0.717) is 43.7 Å². The van der Waals surface area contributed by atoms with Crippen LogP contribution in [0.2, 0.25) is 0 Å². The zero-order chi connectivity index (χ0) is 31.1. The van der Waals surface area contributed by atoms with Crippen molar-refractivity contribution >= 4 is 0 Å². The van der Waals surface area contributed by atoms with Gasteiger partial charge in [0.25, 0.3) is 0 Å². The Labute approximate surface area is 251 Å². The Balaban J connectivity index is -0.000000216. The molecule has 0 aliphatic heterocycles. The smallest absolute Gasteiger partial charge is 0.217 e. The van der Waals surface area contributed by atoms with Crippen LogP contribution < -0.4 is 0 Å². The van der Waals surface area contributed by atoms with Crippen LogP contribution in [-0.4, -0.2) is 13.1 Å². The first-order valence-corrected chi connectivity index (χ1v) is 16.0. The lowest BCUT2D eigenvalue weighted by Crippen LogP contribution is -2.27. The third kappa shape index (κ3) is 39.9. The van der Waals surface area contributed by atoms with Crippen molar-refractivity contribution < 1.29 is 0 Å². The van der Waals surface area contributed by atoms with Crippen LogP contribution >= 0.6 is 0 Å². The third-order valence-electron chi connectivity index (χ3n) is 6.44. The van der Waals surface area contributed by atoms with Crippen LogP contribution in [0.5, 0.6) is 0 Å².